The molecule has 0 radical (unpaired) electrons. The molecule has 0 bridgehead atoms. The normalized spacial score (nSPS) is 18.8. The lowest BCUT2D eigenvalue weighted by Crippen LogP contribution is -2.39. The molecule has 3 aromatic rings. The molecule has 1 saturated heterocycles. The van der Waals surface area contributed by atoms with E-state index in [0.29, 0.717) is 48.8 Å². The Bertz CT molecular complexity index is 1180. The highest BCUT2D eigenvalue weighted by Crippen LogP contribution is 2.34. The Morgan fingerprint density at radius 2 is 2.09 bits per heavy atom. The van der Waals surface area contributed by atoms with E-state index in [-0.39, 0.29) is 11.9 Å². The minimum atomic E-state index is -1.98. The van der Waals surface area contributed by atoms with Crippen LogP contribution < -0.4 is 10.0 Å². The summed E-state index contributed by atoms with van der Waals surface area (Å²) in [6.45, 7) is 3.95. The van der Waals surface area contributed by atoms with E-state index in [1.807, 2.05) is 16.5 Å². The van der Waals surface area contributed by atoms with Crippen molar-refractivity contribution in [3.63, 3.8) is 0 Å². The number of rotatable bonds is 9. The Morgan fingerprint density at radius 3 is 2.82 bits per heavy atom. The van der Waals surface area contributed by atoms with Crippen molar-refractivity contribution < 1.29 is 13.6 Å². The molecule has 1 amide bonds. The van der Waals surface area contributed by atoms with Crippen molar-refractivity contribution in [1.29, 1.82) is 0 Å². The van der Waals surface area contributed by atoms with E-state index < -0.39 is 11.3 Å². The van der Waals surface area contributed by atoms with E-state index in [2.05, 4.69) is 27.0 Å². The molecule has 3 aromatic heterocycles. The summed E-state index contributed by atoms with van der Waals surface area (Å²) in [6.07, 6.45) is 8.63. The van der Waals surface area contributed by atoms with Gasteiger partial charge in [0.15, 0.2) is 5.82 Å². The topological polar surface area (TPSA) is 125 Å². The van der Waals surface area contributed by atoms with Gasteiger partial charge in [0.1, 0.15) is 16.3 Å². The number of carbonyl (C=O) groups is 1. The monoisotopic (exact) mass is 503 g/mol. The summed E-state index contributed by atoms with van der Waals surface area (Å²) in [7, 11) is 0. The molecule has 5 rings (SSSR count). The van der Waals surface area contributed by atoms with E-state index >= 15 is 0 Å². The molecule has 2 atom stereocenters. The summed E-state index contributed by atoms with van der Waals surface area (Å²) in [5, 5.41) is 9.84. The summed E-state index contributed by atoms with van der Waals surface area (Å²) >= 11 is -0.411. The SMILES string of the molecule is C[C@H](Nc1cc(C(=O)N2CCC(CCNS(=O)O)CC2)nc(-c2cnn3ccsc23)n1)C1CC1. The van der Waals surface area contributed by atoms with Gasteiger partial charge in [-0.15, -0.1) is 11.3 Å². The molecule has 182 valence electrons. The highest BCUT2D eigenvalue weighted by atomic mass is 32.2. The first-order valence-corrected chi connectivity index (χ1v) is 13.7. The fraction of sp³-hybridized carbons (Fsp3) is 0.545. The van der Waals surface area contributed by atoms with E-state index in [9.17, 15) is 9.00 Å². The fourth-order valence-corrected chi connectivity index (χ4v) is 5.60. The van der Waals surface area contributed by atoms with Crippen LogP contribution in [-0.2, 0) is 11.3 Å². The number of carbonyl (C=O) groups excluding carboxylic acids is 1. The van der Waals surface area contributed by atoms with Gasteiger partial charge < -0.3 is 10.2 Å². The Hall–Kier alpha value is -2.41. The average molecular weight is 504 g/mol. The summed E-state index contributed by atoms with van der Waals surface area (Å²) in [6, 6.07) is 2.06. The molecule has 1 saturated carbocycles. The lowest BCUT2D eigenvalue weighted by Gasteiger charge is -2.32. The van der Waals surface area contributed by atoms with E-state index in [1.165, 1.54) is 12.8 Å². The molecule has 0 aromatic carbocycles. The highest BCUT2D eigenvalue weighted by Gasteiger charge is 2.29. The second-order valence-electron chi connectivity index (χ2n) is 9.11. The predicted octanol–water partition coefficient (Wildman–Crippen LogP) is 3.03. The lowest BCUT2D eigenvalue weighted by molar-refractivity contribution is 0.0681. The average Bonchev–Trinajstić information content (AvgIpc) is 3.45. The third kappa shape index (κ3) is 5.29. The molecule has 0 spiro atoms. The summed E-state index contributed by atoms with van der Waals surface area (Å²) in [5.41, 5.74) is 1.21. The van der Waals surface area contributed by atoms with Crippen molar-refractivity contribution in [2.75, 3.05) is 25.0 Å². The maximum absolute atomic E-state index is 13.4. The van der Waals surface area contributed by atoms with Crippen LogP contribution >= 0.6 is 11.3 Å². The van der Waals surface area contributed by atoms with Crippen molar-refractivity contribution in [2.24, 2.45) is 11.8 Å². The van der Waals surface area contributed by atoms with Crippen LogP contribution in [0, 0.1) is 11.8 Å². The van der Waals surface area contributed by atoms with E-state index in [4.69, 9.17) is 9.54 Å². The lowest BCUT2D eigenvalue weighted by atomic mass is 9.93. The number of likely N-dealkylation sites (tertiary alicyclic amines) is 1. The quantitative estimate of drug-likeness (QED) is 0.383. The minimum Gasteiger partial charge on any atom is -0.367 e. The number of nitrogens with one attached hydrogen (secondary N) is 2. The number of nitrogens with zero attached hydrogens (tertiary/aromatic N) is 5. The molecule has 1 unspecified atom stereocenters. The van der Waals surface area contributed by atoms with Crippen LogP contribution in [-0.4, -0.2) is 64.8 Å². The van der Waals surface area contributed by atoms with Gasteiger partial charge in [0, 0.05) is 43.3 Å². The molecule has 10 nitrogen and oxygen atoms in total. The zero-order chi connectivity index (χ0) is 23.7. The number of anilines is 1. The summed E-state index contributed by atoms with van der Waals surface area (Å²) in [4.78, 5) is 25.7. The fourth-order valence-electron chi connectivity index (χ4n) is 4.52. The summed E-state index contributed by atoms with van der Waals surface area (Å²) in [5.74, 6) is 2.16. The van der Waals surface area contributed by atoms with Crippen LogP contribution in [0.25, 0.3) is 16.2 Å². The number of hydrogen-bond acceptors (Lipinski definition) is 7. The van der Waals surface area contributed by atoms with Crippen LogP contribution in [0.5, 0.6) is 0 Å². The Kier molecular flexibility index (Phi) is 6.91. The van der Waals surface area contributed by atoms with Gasteiger partial charge in [0.05, 0.1) is 11.8 Å². The van der Waals surface area contributed by atoms with Gasteiger partial charge in [0.2, 0.25) is 11.3 Å². The molecule has 2 fully saturated rings. The Balaban J connectivity index is 1.34. The van der Waals surface area contributed by atoms with Crippen LogP contribution in [0.3, 0.4) is 0 Å². The number of fused-ring (bicyclic) bond motifs is 1. The molecule has 12 heteroatoms. The Morgan fingerprint density at radius 1 is 1.29 bits per heavy atom. The molecule has 1 aliphatic carbocycles. The van der Waals surface area contributed by atoms with Crippen LogP contribution in [0.4, 0.5) is 5.82 Å². The van der Waals surface area contributed by atoms with E-state index in [0.717, 1.165) is 29.7 Å². The van der Waals surface area contributed by atoms with Crippen molar-refractivity contribution >= 4 is 39.2 Å². The zero-order valence-corrected chi connectivity index (χ0v) is 20.6. The number of hydrogen-bond donors (Lipinski definition) is 3. The molecule has 34 heavy (non-hydrogen) atoms. The molecule has 3 N–H and O–H groups in total. The second-order valence-corrected chi connectivity index (χ2v) is 10.8. The maximum Gasteiger partial charge on any atom is 0.272 e. The van der Waals surface area contributed by atoms with Gasteiger partial charge in [-0.1, -0.05) is 0 Å². The van der Waals surface area contributed by atoms with Crippen LogP contribution in [0.2, 0.25) is 0 Å². The molecule has 1 aliphatic heterocycles. The first-order chi connectivity index (χ1) is 16.5. The third-order valence-electron chi connectivity index (χ3n) is 6.70. The number of aromatic nitrogens is 4. The maximum atomic E-state index is 13.4. The molecule has 2 aliphatic rings. The summed E-state index contributed by atoms with van der Waals surface area (Å²) < 4.78 is 24.0. The first kappa shape index (κ1) is 23.3. The number of piperidine rings is 1. The molecule has 4 heterocycles. The van der Waals surface area contributed by atoms with Crippen molar-refractivity contribution in [1.82, 2.24) is 29.2 Å². The zero-order valence-electron chi connectivity index (χ0n) is 19.0. The third-order valence-corrected chi connectivity index (χ3v) is 8.04. The van der Waals surface area contributed by atoms with Crippen molar-refractivity contribution in [3.05, 3.63) is 29.5 Å². The smallest absolute Gasteiger partial charge is 0.272 e. The van der Waals surface area contributed by atoms with Gasteiger partial charge in [0.25, 0.3) is 5.91 Å². The number of thiazole rings is 1. The van der Waals surface area contributed by atoms with Crippen LogP contribution in [0.15, 0.2) is 23.8 Å². The van der Waals surface area contributed by atoms with Gasteiger partial charge >= 0.3 is 0 Å². The van der Waals surface area contributed by atoms with Gasteiger partial charge in [-0.3, -0.25) is 9.35 Å². The largest absolute Gasteiger partial charge is 0.367 e. The van der Waals surface area contributed by atoms with Crippen molar-refractivity contribution in [3.8, 4) is 11.4 Å². The standard InChI is InChI=1S/C22H29N7O3S2/c1-14(16-2-3-16)25-19-12-18(26-20(27-19)17-13-23-29-10-11-33-22(17)29)21(30)28-8-5-15(6-9-28)4-7-24-34(31)32/h10-16,24H,2-9H2,1H3,(H,31,32)(H,25,26,27)/t14-/m0/s1. The minimum absolute atomic E-state index is 0.0894. The molecular weight excluding hydrogens is 474 g/mol. The number of amides is 1. The van der Waals surface area contributed by atoms with Crippen molar-refractivity contribution in [2.45, 2.75) is 45.1 Å². The van der Waals surface area contributed by atoms with E-state index in [1.54, 1.807) is 28.1 Å². The van der Waals surface area contributed by atoms with Gasteiger partial charge in [-0.05, 0) is 50.9 Å². The second kappa shape index (κ2) is 10.1. The molecular formula is C22H29N7O3S2. The highest BCUT2D eigenvalue weighted by molar-refractivity contribution is 7.77. The van der Waals surface area contributed by atoms with Crippen LogP contribution in [0.1, 0.15) is 49.5 Å². The first-order valence-electron chi connectivity index (χ1n) is 11.7. The van der Waals surface area contributed by atoms with Gasteiger partial charge in [-0.2, -0.15) is 5.10 Å². The Labute approximate surface area is 204 Å². The predicted molar refractivity (Wildman–Crippen MR) is 132 cm³/mol. The van der Waals surface area contributed by atoms with Gasteiger partial charge in [-0.25, -0.2) is 23.4 Å².